The summed E-state index contributed by atoms with van der Waals surface area (Å²) in [6.45, 7) is 1.10. The van der Waals surface area contributed by atoms with Gasteiger partial charge in [0.25, 0.3) is 0 Å². The third-order valence-corrected chi connectivity index (χ3v) is 4.84. The summed E-state index contributed by atoms with van der Waals surface area (Å²) in [6.07, 6.45) is 0.999. The number of halogens is 1. The number of amides is 1. The van der Waals surface area contributed by atoms with Gasteiger partial charge in [0.1, 0.15) is 12.2 Å². The van der Waals surface area contributed by atoms with E-state index in [1.807, 2.05) is 54.6 Å². The van der Waals surface area contributed by atoms with Gasteiger partial charge in [-0.3, -0.25) is 0 Å². The van der Waals surface area contributed by atoms with E-state index in [2.05, 4.69) is 15.9 Å². The van der Waals surface area contributed by atoms with Crippen LogP contribution in [0.4, 0.5) is 4.79 Å². The van der Waals surface area contributed by atoms with Crippen LogP contribution in [0.1, 0.15) is 24.0 Å². The van der Waals surface area contributed by atoms with Crippen molar-refractivity contribution in [3.8, 4) is 0 Å². The zero-order valence-corrected chi connectivity index (χ0v) is 14.9. The van der Waals surface area contributed by atoms with E-state index in [0.717, 1.165) is 22.0 Å². The van der Waals surface area contributed by atoms with Gasteiger partial charge in [-0.2, -0.15) is 0 Å². The molecular weight excluding hydrogens is 370 g/mol. The number of hydrogen-bond donors (Lipinski definition) is 1. The van der Waals surface area contributed by atoms with Crippen LogP contribution in [-0.2, 0) is 16.9 Å². The Morgan fingerprint density at radius 1 is 1.17 bits per heavy atom. The van der Waals surface area contributed by atoms with Crippen LogP contribution in [0.25, 0.3) is 0 Å². The molecule has 2 aromatic rings. The average Bonchev–Trinajstić information content (AvgIpc) is 2.61. The molecule has 1 heterocycles. The van der Waals surface area contributed by atoms with Crippen molar-refractivity contribution in [1.82, 2.24) is 4.90 Å². The van der Waals surface area contributed by atoms with E-state index < -0.39 is 5.60 Å². The molecule has 0 aliphatic carbocycles. The van der Waals surface area contributed by atoms with Crippen molar-refractivity contribution in [2.75, 3.05) is 13.1 Å². The summed E-state index contributed by atoms with van der Waals surface area (Å²) < 4.78 is 6.35. The Labute approximate surface area is 150 Å². The highest BCUT2D eigenvalue weighted by Gasteiger charge is 2.37. The predicted molar refractivity (Wildman–Crippen MR) is 95.5 cm³/mol. The highest BCUT2D eigenvalue weighted by Crippen LogP contribution is 2.32. The van der Waals surface area contributed by atoms with E-state index in [9.17, 15) is 9.90 Å². The summed E-state index contributed by atoms with van der Waals surface area (Å²) >= 11 is 3.40. The number of nitrogens with zero attached hydrogens (tertiary/aromatic N) is 1. The quantitative estimate of drug-likeness (QED) is 0.860. The third-order valence-electron chi connectivity index (χ3n) is 4.32. The molecule has 5 heteroatoms. The number of ether oxygens (including phenoxy) is 1. The molecule has 1 aliphatic rings. The van der Waals surface area contributed by atoms with Crippen LogP contribution in [0.15, 0.2) is 59.1 Å². The van der Waals surface area contributed by atoms with Crippen LogP contribution < -0.4 is 0 Å². The fraction of sp³-hybridized carbons (Fsp3) is 0.316. The van der Waals surface area contributed by atoms with Crippen molar-refractivity contribution in [2.45, 2.75) is 25.0 Å². The summed E-state index contributed by atoms with van der Waals surface area (Å²) in [5, 5.41) is 11.0. The summed E-state index contributed by atoms with van der Waals surface area (Å²) in [6, 6.07) is 17.2. The van der Waals surface area contributed by atoms with E-state index in [0.29, 0.717) is 13.0 Å². The zero-order chi connectivity index (χ0) is 17.0. The first kappa shape index (κ1) is 17.0. The van der Waals surface area contributed by atoms with Gasteiger partial charge in [-0.15, -0.1) is 0 Å². The van der Waals surface area contributed by atoms with Crippen LogP contribution in [0.5, 0.6) is 0 Å². The van der Waals surface area contributed by atoms with Crippen LogP contribution in [0, 0.1) is 0 Å². The molecule has 1 fully saturated rings. The van der Waals surface area contributed by atoms with Gasteiger partial charge in [-0.05, 0) is 36.1 Å². The molecule has 1 aliphatic heterocycles. The first-order valence-electron chi connectivity index (χ1n) is 8.01. The SMILES string of the molecule is O=C(OCc1ccccc1)N1CCCC(O)(c2ccc(Br)cc2)C1. The summed E-state index contributed by atoms with van der Waals surface area (Å²) in [5.74, 6) is 0. The molecule has 1 saturated heterocycles. The van der Waals surface area contributed by atoms with E-state index in [1.54, 1.807) is 4.90 Å². The van der Waals surface area contributed by atoms with Gasteiger partial charge in [0.05, 0.1) is 6.54 Å². The second-order valence-electron chi connectivity index (χ2n) is 6.10. The molecule has 0 radical (unpaired) electrons. The van der Waals surface area contributed by atoms with Gasteiger partial charge in [0.2, 0.25) is 0 Å². The summed E-state index contributed by atoms with van der Waals surface area (Å²) in [7, 11) is 0. The average molecular weight is 390 g/mol. The van der Waals surface area contributed by atoms with E-state index in [-0.39, 0.29) is 19.2 Å². The molecule has 24 heavy (non-hydrogen) atoms. The number of carbonyl (C=O) groups is 1. The van der Waals surface area contributed by atoms with Crippen LogP contribution in [0.2, 0.25) is 0 Å². The van der Waals surface area contributed by atoms with Gasteiger partial charge >= 0.3 is 6.09 Å². The lowest BCUT2D eigenvalue weighted by atomic mass is 9.86. The Bertz CT molecular complexity index is 690. The fourth-order valence-corrected chi connectivity index (χ4v) is 3.26. The van der Waals surface area contributed by atoms with E-state index in [1.165, 1.54) is 0 Å². The first-order chi connectivity index (χ1) is 11.6. The number of aliphatic hydroxyl groups is 1. The van der Waals surface area contributed by atoms with Gasteiger partial charge in [-0.1, -0.05) is 58.4 Å². The first-order valence-corrected chi connectivity index (χ1v) is 8.80. The molecule has 1 unspecified atom stereocenters. The Morgan fingerprint density at radius 2 is 1.88 bits per heavy atom. The largest absolute Gasteiger partial charge is 0.445 e. The Kier molecular flexibility index (Phi) is 5.21. The van der Waals surface area contributed by atoms with Gasteiger partial charge in [0.15, 0.2) is 0 Å². The Hall–Kier alpha value is -1.85. The van der Waals surface area contributed by atoms with Crippen molar-refractivity contribution in [3.05, 3.63) is 70.2 Å². The molecule has 1 N–H and O–H groups in total. The zero-order valence-electron chi connectivity index (χ0n) is 13.3. The maximum Gasteiger partial charge on any atom is 0.410 e. The molecule has 0 saturated carbocycles. The standard InChI is InChI=1S/C19H20BrNO3/c20-17-9-7-16(8-10-17)19(23)11-4-12-21(14-19)18(22)24-13-15-5-2-1-3-6-15/h1-3,5-10,23H,4,11-14H2. The highest BCUT2D eigenvalue weighted by atomic mass is 79.9. The molecule has 4 nitrogen and oxygen atoms in total. The summed E-state index contributed by atoms with van der Waals surface area (Å²) in [4.78, 5) is 13.9. The number of β-amino-alcohol motifs (C(OH)–C–C–N with tert-alkyl or cyclic N) is 1. The van der Waals surface area contributed by atoms with Crippen molar-refractivity contribution in [1.29, 1.82) is 0 Å². The predicted octanol–water partition coefficient (Wildman–Crippen LogP) is 4.07. The number of piperidine rings is 1. The van der Waals surface area contributed by atoms with Crippen molar-refractivity contribution in [3.63, 3.8) is 0 Å². The van der Waals surface area contributed by atoms with E-state index >= 15 is 0 Å². The lowest BCUT2D eigenvalue weighted by molar-refractivity contribution is -0.0348. The van der Waals surface area contributed by atoms with Crippen molar-refractivity contribution >= 4 is 22.0 Å². The topological polar surface area (TPSA) is 49.8 Å². The molecule has 0 aromatic heterocycles. The highest BCUT2D eigenvalue weighted by molar-refractivity contribution is 9.10. The van der Waals surface area contributed by atoms with E-state index in [4.69, 9.17) is 4.74 Å². The molecule has 2 aromatic carbocycles. The lowest BCUT2D eigenvalue weighted by Crippen LogP contribution is -2.48. The Balaban J connectivity index is 1.64. The maximum atomic E-state index is 12.3. The number of hydrogen-bond acceptors (Lipinski definition) is 3. The van der Waals surface area contributed by atoms with Crippen molar-refractivity contribution in [2.24, 2.45) is 0 Å². The molecule has 126 valence electrons. The monoisotopic (exact) mass is 389 g/mol. The van der Waals surface area contributed by atoms with Gasteiger partial charge in [0, 0.05) is 11.0 Å². The lowest BCUT2D eigenvalue weighted by Gasteiger charge is -2.39. The van der Waals surface area contributed by atoms with Crippen LogP contribution in [-0.4, -0.2) is 29.2 Å². The smallest absolute Gasteiger partial charge is 0.410 e. The number of benzene rings is 2. The van der Waals surface area contributed by atoms with Crippen LogP contribution in [0.3, 0.4) is 0 Å². The number of rotatable bonds is 3. The summed E-state index contributed by atoms with van der Waals surface area (Å²) in [5.41, 5.74) is 0.752. The molecule has 3 rings (SSSR count). The maximum absolute atomic E-state index is 12.3. The molecule has 1 amide bonds. The third kappa shape index (κ3) is 3.97. The van der Waals surface area contributed by atoms with Gasteiger partial charge in [-0.25, -0.2) is 4.79 Å². The van der Waals surface area contributed by atoms with Gasteiger partial charge < -0.3 is 14.7 Å². The minimum atomic E-state index is -1.02. The molecule has 0 bridgehead atoms. The minimum Gasteiger partial charge on any atom is -0.445 e. The molecule has 1 atom stereocenters. The second-order valence-corrected chi connectivity index (χ2v) is 7.02. The number of likely N-dealkylation sites (tertiary alicyclic amines) is 1. The molecular formula is C19H20BrNO3. The second kappa shape index (κ2) is 7.36. The fourth-order valence-electron chi connectivity index (χ4n) is 3.00. The Morgan fingerprint density at radius 3 is 2.58 bits per heavy atom. The normalized spacial score (nSPS) is 20.7. The van der Waals surface area contributed by atoms with Crippen molar-refractivity contribution < 1.29 is 14.6 Å². The number of carbonyl (C=O) groups excluding carboxylic acids is 1. The van der Waals surface area contributed by atoms with Crippen LogP contribution >= 0.6 is 15.9 Å². The molecule has 0 spiro atoms. The minimum absolute atomic E-state index is 0.243.